The number of halogens is 4. The van der Waals surface area contributed by atoms with E-state index in [9.17, 15) is 31.9 Å². The number of aryl methyl sites for hydroxylation is 3. The third-order valence-corrected chi connectivity index (χ3v) is 5.80. The molecule has 164 valence electrons. The van der Waals surface area contributed by atoms with Crippen molar-refractivity contribution >= 4 is 12.9 Å². The first-order valence-electron chi connectivity index (χ1n) is 9.26. The van der Waals surface area contributed by atoms with Gasteiger partial charge in [0.15, 0.2) is 23.2 Å². The lowest BCUT2D eigenvalue weighted by atomic mass is 10.0. The summed E-state index contributed by atoms with van der Waals surface area (Å²) in [6.07, 6.45) is 0.242. The van der Waals surface area contributed by atoms with Crippen molar-refractivity contribution in [2.24, 2.45) is 0 Å². The Morgan fingerprint density at radius 3 is 1.87 bits per heavy atom. The average Bonchev–Trinajstić information content (AvgIpc) is 2.69. The lowest BCUT2D eigenvalue weighted by Gasteiger charge is -2.16. The van der Waals surface area contributed by atoms with Gasteiger partial charge in [0.1, 0.15) is 5.75 Å². The minimum absolute atomic E-state index is 0.0905. The fourth-order valence-electron chi connectivity index (χ4n) is 3.26. The fourth-order valence-corrected chi connectivity index (χ4v) is 3.98. The molecule has 3 aromatic carbocycles. The van der Waals surface area contributed by atoms with Crippen LogP contribution in [0.3, 0.4) is 0 Å². The van der Waals surface area contributed by atoms with E-state index in [2.05, 4.69) is 0 Å². The third kappa shape index (κ3) is 4.37. The largest absolute Gasteiger partial charge is 0.454 e. The SMILES string of the molecule is CCc1ccc(-c2ccc(Oc3c(C)cc(P(=O)(O)O)cc3C)c(F)c2F)c(F)c1F. The van der Waals surface area contributed by atoms with Crippen LogP contribution < -0.4 is 10.0 Å². The van der Waals surface area contributed by atoms with E-state index in [0.29, 0.717) is 11.1 Å². The predicted octanol–water partition coefficient (Wildman–Crippen LogP) is 5.68. The van der Waals surface area contributed by atoms with Crippen LogP contribution >= 0.6 is 7.60 Å². The molecule has 0 atom stereocenters. The molecule has 0 aromatic heterocycles. The highest BCUT2D eigenvalue weighted by Gasteiger charge is 2.23. The van der Waals surface area contributed by atoms with E-state index in [1.54, 1.807) is 6.92 Å². The van der Waals surface area contributed by atoms with Crippen LogP contribution in [-0.2, 0) is 11.0 Å². The van der Waals surface area contributed by atoms with Crippen LogP contribution in [0.5, 0.6) is 11.5 Å². The van der Waals surface area contributed by atoms with Crippen molar-refractivity contribution in [1.82, 2.24) is 0 Å². The average molecular weight is 454 g/mol. The van der Waals surface area contributed by atoms with Crippen LogP contribution in [0.1, 0.15) is 23.6 Å². The molecule has 0 spiro atoms. The molecule has 0 saturated carbocycles. The van der Waals surface area contributed by atoms with Gasteiger partial charge in [-0.3, -0.25) is 4.57 Å². The van der Waals surface area contributed by atoms with Crippen LogP contribution in [0.2, 0.25) is 0 Å². The van der Waals surface area contributed by atoms with E-state index in [-0.39, 0.29) is 23.0 Å². The Kier molecular flexibility index (Phi) is 6.28. The molecule has 0 amide bonds. The molecule has 0 fully saturated rings. The summed E-state index contributed by atoms with van der Waals surface area (Å²) in [6, 6.07) is 7.04. The zero-order valence-corrected chi connectivity index (χ0v) is 17.7. The Hall–Kier alpha value is -2.67. The number of hydrogen-bond acceptors (Lipinski definition) is 2. The van der Waals surface area contributed by atoms with Crippen molar-refractivity contribution in [1.29, 1.82) is 0 Å². The molecular formula is C22H19F4O4P. The number of benzene rings is 3. The second-order valence-corrected chi connectivity index (χ2v) is 8.65. The van der Waals surface area contributed by atoms with Gasteiger partial charge >= 0.3 is 7.60 Å². The summed E-state index contributed by atoms with van der Waals surface area (Å²) >= 11 is 0. The smallest absolute Gasteiger partial charge is 0.356 e. The Bertz CT molecular complexity index is 1200. The van der Waals surface area contributed by atoms with Crippen molar-refractivity contribution in [3.05, 3.63) is 76.4 Å². The summed E-state index contributed by atoms with van der Waals surface area (Å²) in [7, 11) is -4.50. The van der Waals surface area contributed by atoms with Gasteiger partial charge in [-0.1, -0.05) is 19.1 Å². The van der Waals surface area contributed by atoms with Gasteiger partial charge in [0, 0.05) is 11.1 Å². The molecule has 0 aliphatic carbocycles. The molecule has 9 heteroatoms. The summed E-state index contributed by atoms with van der Waals surface area (Å²) in [5.41, 5.74) is -0.173. The van der Waals surface area contributed by atoms with E-state index >= 15 is 0 Å². The second-order valence-electron chi connectivity index (χ2n) is 7.05. The highest BCUT2D eigenvalue weighted by Crippen LogP contribution is 2.39. The number of rotatable bonds is 5. The summed E-state index contributed by atoms with van der Waals surface area (Å²) in [6.45, 7) is 4.63. The van der Waals surface area contributed by atoms with Crippen LogP contribution in [0, 0.1) is 37.1 Å². The first-order valence-corrected chi connectivity index (χ1v) is 10.9. The monoisotopic (exact) mass is 454 g/mol. The molecule has 31 heavy (non-hydrogen) atoms. The molecule has 3 rings (SSSR count). The molecule has 3 aromatic rings. The van der Waals surface area contributed by atoms with Crippen LogP contribution in [0.15, 0.2) is 36.4 Å². The molecular weight excluding hydrogens is 435 g/mol. The van der Waals surface area contributed by atoms with E-state index in [1.807, 2.05) is 0 Å². The maximum Gasteiger partial charge on any atom is 0.356 e. The molecule has 0 unspecified atom stereocenters. The van der Waals surface area contributed by atoms with Crippen molar-refractivity contribution < 1.29 is 36.7 Å². The summed E-state index contributed by atoms with van der Waals surface area (Å²) in [5.74, 6) is -5.63. The summed E-state index contributed by atoms with van der Waals surface area (Å²) in [4.78, 5) is 18.6. The molecule has 0 heterocycles. The summed E-state index contributed by atoms with van der Waals surface area (Å²) < 4.78 is 74.8. The van der Waals surface area contributed by atoms with Crippen LogP contribution in [-0.4, -0.2) is 9.79 Å². The molecule has 2 N–H and O–H groups in total. The van der Waals surface area contributed by atoms with Crippen molar-refractivity contribution in [2.45, 2.75) is 27.2 Å². The van der Waals surface area contributed by atoms with Crippen LogP contribution in [0.4, 0.5) is 17.6 Å². The summed E-state index contributed by atoms with van der Waals surface area (Å²) in [5, 5.41) is -0.232. The molecule has 0 aliphatic rings. The highest BCUT2D eigenvalue weighted by atomic mass is 31.2. The van der Waals surface area contributed by atoms with Gasteiger partial charge in [-0.2, -0.15) is 4.39 Å². The Morgan fingerprint density at radius 2 is 1.35 bits per heavy atom. The lowest BCUT2D eigenvalue weighted by molar-refractivity contribution is 0.387. The standard InChI is InChI=1S/C22H19F4O4P/c1-4-13-5-6-15(19(24)18(13)23)16-7-8-17(21(26)20(16)25)30-22-11(2)9-14(10-12(22)3)31(27,28)29/h5-10H,4H2,1-3H3,(H2,27,28,29). The first-order chi connectivity index (χ1) is 14.5. The third-order valence-electron chi connectivity index (χ3n) is 4.87. The van der Waals surface area contributed by atoms with Gasteiger partial charge in [0.05, 0.1) is 5.30 Å². The van der Waals surface area contributed by atoms with Gasteiger partial charge in [-0.05, 0) is 61.2 Å². The van der Waals surface area contributed by atoms with Crippen molar-refractivity contribution in [3.8, 4) is 22.6 Å². The molecule has 0 radical (unpaired) electrons. The first kappa shape index (κ1) is 23.0. The molecule has 4 nitrogen and oxygen atoms in total. The molecule has 0 saturated heterocycles. The Balaban J connectivity index is 2.03. The van der Waals surface area contributed by atoms with Crippen molar-refractivity contribution in [2.75, 3.05) is 0 Å². The lowest BCUT2D eigenvalue weighted by Crippen LogP contribution is -2.07. The maximum atomic E-state index is 14.7. The maximum absolute atomic E-state index is 14.7. The van der Waals surface area contributed by atoms with Gasteiger partial charge in [-0.25, -0.2) is 13.2 Å². The topological polar surface area (TPSA) is 66.8 Å². The number of ether oxygens (including phenoxy) is 1. The minimum Gasteiger partial charge on any atom is -0.454 e. The second kappa shape index (κ2) is 8.46. The Morgan fingerprint density at radius 1 is 0.839 bits per heavy atom. The zero-order valence-electron chi connectivity index (χ0n) is 16.8. The normalized spacial score (nSPS) is 11.6. The van der Waals surface area contributed by atoms with E-state index in [4.69, 9.17) is 4.74 Å². The van der Waals surface area contributed by atoms with Gasteiger partial charge < -0.3 is 14.5 Å². The Labute approximate surface area is 176 Å². The van der Waals surface area contributed by atoms with Gasteiger partial charge in [0.25, 0.3) is 0 Å². The molecule has 0 aliphatic heterocycles. The zero-order chi connectivity index (χ0) is 23.1. The minimum atomic E-state index is -4.50. The fraction of sp³-hybridized carbons (Fsp3) is 0.182. The van der Waals surface area contributed by atoms with Gasteiger partial charge in [0.2, 0.25) is 5.82 Å². The number of hydrogen-bond donors (Lipinski definition) is 2. The van der Waals surface area contributed by atoms with E-state index in [1.165, 1.54) is 38.1 Å². The van der Waals surface area contributed by atoms with Crippen molar-refractivity contribution in [3.63, 3.8) is 0 Å². The van der Waals surface area contributed by atoms with Gasteiger partial charge in [-0.15, -0.1) is 0 Å². The quantitative estimate of drug-likeness (QED) is 0.384. The highest BCUT2D eigenvalue weighted by molar-refractivity contribution is 7.60. The molecule has 0 bridgehead atoms. The van der Waals surface area contributed by atoms with E-state index < -0.39 is 47.7 Å². The predicted molar refractivity (Wildman–Crippen MR) is 109 cm³/mol. The van der Waals surface area contributed by atoms with Crippen LogP contribution in [0.25, 0.3) is 11.1 Å². The van der Waals surface area contributed by atoms with E-state index in [0.717, 1.165) is 12.1 Å².